The molecule has 0 spiro atoms. The first-order chi connectivity index (χ1) is 8.27. The van der Waals surface area contributed by atoms with Crippen molar-refractivity contribution >= 4 is 17.3 Å². The van der Waals surface area contributed by atoms with Crippen molar-refractivity contribution in [3.63, 3.8) is 0 Å². The van der Waals surface area contributed by atoms with Gasteiger partial charge >= 0.3 is 0 Å². The third-order valence-electron chi connectivity index (χ3n) is 2.52. The van der Waals surface area contributed by atoms with Crippen molar-refractivity contribution in [1.82, 2.24) is 0 Å². The maximum atomic E-state index is 7.98. The van der Waals surface area contributed by atoms with Gasteiger partial charge < -0.3 is 10.2 Å². The summed E-state index contributed by atoms with van der Waals surface area (Å²) < 4.78 is 0. The molecule has 3 heteroatoms. The Kier molecular flexibility index (Phi) is 3.40. The van der Waals surface area contributed by atoms with E-state index >= 15 is 0 Å². The summed E-state index contributed by atoms with van der Waals surface area (Å²) >= 11 is 0. The smallest absolute Gasteiger partial charge is 0.199 e. The molecule has 0 atom stereocenters. The van der Waals surface area contributed by atoms with Crippen molar-refractivity contribution in [3.8, 4) is 0 Å². The van der Waals surface area contributed by atoms with E-state index in [0.717, 1.165) is 11.4 Å². The molecule has 0 amide bonds. The molecule has 17 heavy (non-hydrogen) atoms. The Hall–Kier alpha value is -2.29. The lowest BCUT2D eigenvalue weighted by molar-refractivity contribution is 1.21. The van der Waals surface area contributed by atoms with Crippen molar-refractivity contribution in [2.24, 2.45) is 0 Å². The van der Waals surface area contributed by atoms with E-state index < -0.39 is 0 Å². The zero-order chi connectivity index (χ0) is 12.1. The first kappa shape index (κ1) is 11.2. The van der Waals surface area contributed by atoms with Crippen molar-refractivity contribution in [3.05, 3.63) is 60.7 Å². The van der Waals surface area contributed by atoms with Crippen LogP contribution in [0.2, 0.25) is 0 Å². The Morgan fingerprint density at radius 1 is 0.941 bits per heavy atom. The fourth-order valence-corrected chi connectivity index (χ4v) is 1.52. The van der Waals surface area contributed by atoms with Gasteiger partial charge in [0.05, 0.1) is 0 Å². The van der Waals surface area contributed by atoms with Crippen LogP contribution in [0.15, 0.2) is 60.7 Å². The van der Waals surface area contributed by atoms with Crippen LogP contribution in [-0.4, -0.2) is 13.0 Å². The molecule has 0 aromatic heterocycles. The molecule has 0 saturated carbocycles. The topological polar surface area (TPSA) is 39.1 Å². The number of hydrogen-bond acceptors (Lipinski definition) is 1. The Morgan fingerprint density at radius 3 is 2.06 bits per heavy atom. The van der Waals surface area contributed by atoms with E-state index in [-0.39, 0.29) is 0 Å². The number of hydrogen-bond donors (Lipinski definition) is 2. The van der Waals surface area contributed by atoms with Gasteiger partial charge in [0.1, 0.15) is 0 Å². The van der Waals surface area contributed by atoms with E-state index in [1.807, 2.05) is 67.7 Å². The highest BCUT2D eigenvalue weighted by Gasteiger charge is 2.05. The molecule has 2 aromatic carbocycles. The van der Waals surface area contributed by atoms with E-state index in [2.05, 4.69) is 5.32 Å². The molecule has 2 N–H and O–H groups in total. The van der Waals surface area contributed by atoms with Crippen molar-refractivity contribution in [1.29, 1.82) is 5.41 Å². The Morgan fingerprint density at radius 2 is 1.47 bits per heavy atom. The fraction of sp³-hybridized carbons (Fsp3) is 0.0714. The van der Waals surface area contributed by atoms with Crippen molar-refractivity contribution in [2.45, 2.75) is 0 Å². The molecule has 2 aromatic rings. The predicted octanol–water partition coefficient (Wildman–Crippen LogP) is 3.17. The molecular weight excluding hydrogens is 210 g/mol. The summed E-state index contributed by atoms with van der Waals surface area (Å²) in [5.41, 5.74) is 1.90. The Bertz CT molecular complexity index is 479. The third-order valence-corrected chi connectivity index (χ3v) is 2.52. The second-order valence-corrected chi connectivity index (χ2v) is 3.73. The molecule has 0 aliphatic carbocycles. The summed E-state index contributed by atoms with van der Waals surface area (Å²) in [5.74, 6) is 0.349. The lowest BCUT2D eigenvalue weighted by atomic mass is 10.3. The summed E-state index contributed by atoms with van der Waals surface area (Å²) in [6.45, 7) is 0. The van der Waals surface area contributed by atoms with Gasteiger partial charge in [-0.05, 0) is 24.3 Å². The van der Waals surface area contributed by atoms with E-state index in [1.165, 1.54) is 0 Å². The van der Waals surface area contributed by atoms with Crippen LogP contribution in [0.25, 0.3) is 0 Å². The summed E-state index contributed by atoms with van der Waals surface area (Å²) in [4.78, 5) is 1.80. The lowest BCUT2D eigenvalue weighted by Gasteiger charge is -2.20. The average Bonchev–Trinajstić information content (AvgIpc) is 2.40. The highest BCUT2D eigenvalue weighted by Crippen LogP contribution is 2.12. The molecular formula is C14H15N3. The molecule has 2 rings (SSSR count). The zero-order valence-electron chi connectivity index (χ0n) is 9.72. The van der Waals surface area contributed by atoms with Gasteiger partial charge in [-0.3, -0.25) is 5.41 Å². The maximum Gasteiger partial charge on any atom is 0.199 e. The van der Waals surface area contributed by atoms with Gasteiger partial charge in [0.2, 0.25) is 0 Å². The largest absolute Gasteiger partial charge is 0.326 e. The van der Waals surface area contributed by atoms with Crippen LogP contribution >= 0.6 is 0 Å². The number of nitrogens with zero attached hydrogens (tertiary/aromatic N) is 1. The molecule has 0 radical (unpaired) electrons. The van der Waals surface area contributed by atoms with Gasteiger partial charge in [-0.2, -0.15) is 0 Å². The van der Waals surface area contributed by atoms with Gasteiger partial charge in [-0.15, -0.1) is 0 Å². The van der Waals surface area contributed by atoms with E-state index in [9.17, 15) is 0 Å². The minimum Gasteiger partial charge on any atom is -0.326 e. The summed E-state index contributed by atoms with van der Waals surface area (Å²) in [6.07, 6.45) is 0. The van der Waals surface area contributed by atoms with Gasteiger partial charge in [0.15, 0.2) is 5.96 Å². The molecule has 86 valence electrons. The maximum absolute atomic E-state index is 7.98. The molecule has 0 saturated heterocycles. The number of anilines is 2. The highest BCUT2D eigenvalue weighted by molar-refractivity contribution is 6.02. The summed E-state index contributed by atoms with van der Waals surface area (Å²) in [7, 11) is 1.87. The molecule has 3 nitrogen and oxygen atoms in total. The van der Waals surface area contributed by atoms with Crippen LogP contribution in [0.3, 0.4) is 0 Å². The van der Waals surface area contributed by atoms with Crippen LogP contribution in [0.4, 0.5) is 11.4 Å². The summed E-state index contributed by atoms with van der Waals surface area (Å²) in [5, 5.41) is 11.0. The molecule has 0 unspecified atom stereocenters. The normalized spacial score (nSPS) is 9.71. The highest BCUT2D eigenvalue weighted by atomic mass is 15.3. The molecule has 0 aliphatic rings. The van der Waals surface area contributed by atoms with Gasteiger partial charge in [-0.1, -0.05) is 36.4 Å². The van der Waals surface area contributed by atoms with Crippen LogP contribution in [0.1, 0.15) is 0 Å². The number of nitrogens with one attached hydrogen (secondary N) is 2. The van der Waals surface area contributed by atoms with Gasteiger partial charge in [0, 0.05) is 18.4 Å². The first-order valence-electron chi connectivity index (χ1n) is 5.47. The van der Waals surface area contributed by atoms with Crippen LogP contribution in [0.5, 0.6) is 0 Å². The second kappa shape index (κ2) is 5.16. The van der Waals surface area contributed by atoms with E-state index in [4.69, 9.17) is 5.41 Å². The number of guanidine groups is 1. The summed E-state index contributed by atoms with van der Waals surface area (Å²) in [6, 6.07) is 19.5. The van der Waals surface area contributed by atoms with Crippen molar-refractivity contribution in [2.75, 3.05) is 17.3 Å². The first-order valence-corrected chi connectivity index (χ1v) is 5.47. The fourth-order valence-electron chi connectivity index (χ4n) is 1.52. The SMILES string of the molecule is CN(C(=N)Nc1ccccc1)c1ccccc1. The van der Waals surface area contributed by atoms with Crippen LogP contribution in [0, 0.1) is 5.41 Å². The van der Waals surface area contributed by atoms with Gasteiger partial charge in [0.25, 0.3) is 0 Å². The quantitative estimate of drug-likeness (QED) is 0.608. The van der Waals surface area contributed by atoms with Crippen LogP contribution < -0.4 is 10.2 Å². The lowest BCUT2D eigenvalue weighted by Crippen LogP contribution is -2.31. The van der Waals surface area contributed by atoms with E-state index in [1.54, 1.807) is 4.90 Å². The molecule has 0 bridgehead atoms. The monoisotopic (exact) mass is 225 g/mol. The average molecular weight is 225 g/mol. The van der Waals surface area contributed by atoms with Crippen molar-refractivity contribution < 1.29 is 0 Å². The van der Waals surface area contributed by atoms with E-state index in [0.29, 0.717) is 5.96 Å². The molecule has 0 heterocycles. The molecule has 0 aliphatic heterocycles. The predicted molar refractivity (Wildman–Crippen MR) is 72.6 cm³/mol. The number of benzene rings is 2. The Labute approximate surface area is 101 Å². The number of para-hydroxylation sites is 2. The van der Waals surface area contributed by atoms with Crippen LogP contribution in [-0.2, 0) is 0 Å². The third kappa shape index (κ3) is 2.84. The zero-order valence-corrected chi connectivity index (χ0v) is 9.72. The second-order valence-electron chi connectivity index (χ2n) is 3.73. The van der Waals surface area contributed by atoms with Gasteiger partial charge in [-0.25, -0.2) is 0 Å². The minimum atomic E-state index is 0.349. The number of rotatable bonds is 2. The minimum absolute atomic E-state index is 0.349. The Balaban J connectivity index is 2.06. The standard InChI is InChI=1S/C14H15N3/c1-17(13-10-6-3-7-11-13)14(15)16-12-8-4-2-5-9-12/h2-11H,1H3,(H2,15,16). The molecule has 0 fully saturated rings.